The lowest BCUT2D eigenvalue weighted by Gasteiger charge is -2.38. The largest absolute Gasteiger partial charge is 0.493 e. The molecule has 4 aromatic rings. The van der Waals surface area contributed by atoms with Crippen LogP contribution in [0.5, 0.6) is 11.5 Å². The topological polar surface area (TPSA) is 121 Å². The van der Waals surface area contributed by atoms with Crippen LogP contribution in [0.15, 0.2) is 94.6 Å². The number of rotatable bonds is 10. The van der Waals surface area contributed by atoms with E-state index in [2.05, 4.69) is 16.8 Å². The number of benzene rings is 3. The molecule has 4 unspecified atom stereocenters. The molecule has 1 aromatic heterocycles. The van der Waals surface area contributed by atoms with E-state index in [0.29, 0.717) is 17.1 Å². The van der Waals surface area contributed by atoms with Gasteiger partial charge in [-0.05, 0) is 24.1 Å². The Morgan fingerprint density at radius 2 is 1.59 bits per heavy atom. The molecule has 1 saturated heterocycles. The van der Waals surface area contributed by atoms with Crippen molar-refractivity contribution in [2.75, 3.05) is 27.9 Å². The van der Waals surface area contributed by atoms with Crippen molar-refractivity contribution in [3.63, 3.8) is 0 Å². The molecule has 3 aromatic carbocycles. The summed E-state index contributed by atoms with van der Waals surface area (Å²) in [5, 5.41) is 11.4. The first-order valence-corrected chi connectivity index (χ1v) is 14.0. The van der Waals surface area contributed by atoms with Crippen molar-refractivity contribution in [2.24, 2.45) is 0 Å². The van der Waals surface area contributed by atoms with Crippen LogP contribution in [0.4, 0.5) is 0 Å². The minimum absolute atomic E-state index is 0.0806. The smallest absolute Gasteiger partial charge is 0.330 e. The summed E-state index contributed by atoms with van der Waals surface area (Å²) in [5.41, 5.74) is -0.238. The number of ether oxygens (including phenoxy) is 5. The molecular weight excluding hydrogens is 564 g/mol. The molecule has 4 atom stereocenters. The van der Waals surface area contributed by atoms with Gasteiger partial charge in [-0.2, -0.15) is 0 Å². The predicted octanol–water partition coefficient (Wildman–Crippen LogP) is 3.21. The van der Waals surface area contributed by atoms with Crippen molar-refractivity contribution in [1.29, 1.82) is 0 Å². The zero-order valence-electron chi connectivity index (χ0n) is 24.9. The van der Waals surface area contributed by atoms with Gasteiger partial charge in [-0.15, -0.1) is 5.92 Å². The number of hydrogen-bond acceptors (Lipinski definition) is 8. The van der Waals surface area contributed by atoms with E-state index in [-0.39, 0.29) is 12.2 Å². The fourth-order valence-corrected chi connectivity index (χ4v) is 5.67. The molecule has 10 nitrogen and oxygen atoms in total. The predicted molar refractivity (Wildman–Crippen MR) is 163 cm³/mol. The maximum atomic E-state index is 12.8. The first-order valence-electron chi connectivity index (χ1n) is 14.0. The molecule has 0 saturated carbocycles. The normalized spacial score (nSPS) is 19.7. The first-order chi connectivity index (χ1) is 21.4. The van der Waals surface area contributed by atoms with Gasteiger partial charge in [0.15, 0.2) is 17.7 Å². The molecule has 10 heteroatoms. The zero-order chi connectivity index (χ0) is 31.3. The molecular formula is C34H34N2O8. The van der Waals surface area contributed by atoms with Gasteiger partial charge in [-0.25, -0.2) is 4.79 Å². The van der Waals surface area contributed by atoms with Crippen LogP contribution in [0.3, 0.4) is 0 Å². The van der Waals surface area contributed by atoms with Gasteiger partial charge in [0.05, 0.1) is 20.8 Å². The summed E-state index contributed by atoms with van der Waals surface area (Å²) in [6, 6.07) is 24.9. The third kappa shape index (κ3) is 5.54. The molecule has 1 aliphatic rings. The Hall–Kier alpha value is -4.66. The lowest BCUT2D eigenvalue weighted by molar-refractivity contribution is -0.0970. The van der Waals surface area contributed by atoms with Crippen molar-refractivity contribution < 1.29 is 28.8 Å². The number of methoxy groups -OCH3 is 3. The highest BCUT2D eigenvalue weighted by Crippen LogP contribution is 2.48. The zero-order valence-corrected chi connectivity index (χ0v) is 24.9. The quantitative estimate of drug-likeness (QED) is 0.211. The van der Waals surface area contributed by atoms with Crippen molar-refractivity contribution in [1.82, 2.24) is 9.55 Å². The summed E-state index contributed by atoms with van der Waals surface area (Å²) in [7, 11) is 4.55. The SMILES string of the molecule is CC#Cc1cn(C2OC(COC(c3ccccc3)(c3ccccc3)c3cccc(OC)c3OC)C(O)C2OC)c(=O)[nH]c1=O. The molecule has 0 bridgehead atoms. The van der Waals surface area contributed by atoms with E-state index < -0.39 is 41.4 Å². The maximum Gasteiger partial charge on any atom is 0.330 e. The second-order valence-corrected chi connectivity index (χ2v) is 10.1. The van der Waals surface area contributed by atoms with E-state index in [1.807, 2.05) is 72.8 Å². The third-order valence-corrected chi connectivity index (χ3v) is 7.69. The average molecular weight is 599 g/mol. The minimum Gasteiger partial charge on any atom is -0.493 e. The highest BCUT2D eigenvalue weighted by Gasteiger charge is 2.48. The van der Waals surface area contributed by atoms with Crippen molar-refractivity contribution in [2.45, 2.75) is 37.1 Å². The van der Waals surface area contributed by atoms with E-state index in [4.69, 9.17) is 23.7 Å². The monoisotopic (exact) mass is 598 g/mol. The number of nitrogens with one attached hydrogen (secondary N) is 1. The van der Waals surface area contributed by atoms with Gasteiger partial charge in [-0.1, -0.05) is 78.7 Å². The molecule has 0 spiro atoms. The minimum atomic E-state index is -1.25. The standard InChI is InChI=1S/C34H34N2O8/c1-5-13-22-20-36(33(39)35-31(22)38)32-30(42-4)28(37)27(44-32)21-43-34(23-14-8-6-9-15-23,24-16-10-7-11-17-24)25-18-12-19-26(40-2)29(25)41-3/h6-12,14-20,27-28,30,32,37H,21H2,1-4H3,(H,35,38,39). The Morgan fingerprint density at radius 1 is 0.932 bits per heavy atom. The van der Waals surface area contributed by atoms with Gasteiger partial charge in [-0.3, -0.25) is 14.3 Å². The number of aromatic amines is 1. The second-order valence-electron chi connectivity index (χ2n) is 10.1. The number of aliphatic hydroxyl groups excluding tert-OH is 1. The molecule has 2 N–H and O–H groups in total. The molecule has 0 radical (unpaired) electrons. The Labute approximate surface area is 254 Å². The summed E-state index contributed by atoms with van der Waals surface area (Å²) in [6.07, 6.45) is -2.85. The van der Waals surface area contributed by atoms with Crippen LogP contribution in [-0.2, 0) is 19.8 Å². The van der Waals surface area contributed by atoms with Gasteiger partial charge in [0.25, 0.3) is 5.56 Å². The van der Waals surface area contributed by atoms with Crippen LogP contribution in [0.25, 0.3) is 0 Å². The third-order valence-electron chi connectivity index (χ3n) is 7.69. The lowest BCUT2D eigenvalue weighted by Crippen LogP contribution is -2.41. The van der Waals surface area contributed by atoms with E-state index in [1.165, 1.54) is 17.9 Å². The number of aliphatic hydroxyl groups is 1. The molecule has 2 heterocycles. The van der Waals surface area contributed by atoms with Crippen LogP contribution in [0, 0.1) is 11.8 Å². The van der Waals surface area contributed by atoms with E-state index in [0.717, 1.165) is 11.1 Å². The Morgan fingerprint density at radius 3 is 2.16 bits per heavy atom. The number of H-pyrrole nitrogens is 1. The van der Waals surface area contributed by atoms with Gasteiger partial charge in [0.2, 0.25) is 0 Å². The fourth-order valence-electron chi connectivity index (χ4n) is 5.67. The van der Waals surface area contributed by atoms with Crippen molar-refractivity contribution in [3.8, 4) is 23.3 Å². The molecule has 228 valence electrons. The van der Waals surface area contributed by atoms with E-state index >= 15 is 0 Å². The molecule has 5 rings (SSSR count). The summed E-state index contributed by atoms with van der Waals surface area (Å²) in [6.45, 7) is 1.46. The van der Waals surface area contributed by atoms with Gasteiger partial charge in [0, 0.05) is 18.9 Å². The van der Waals surface area contributed by atoms with Crippen LogP contribution in [0.2, 0.25) is 0 Å². The van der Waals surface area contributed by atoms with Gasteiger partial charge >= 0.3 is 5.69 Å². The number of hydrogen-bond donors (Lipinski definition) is 2. The Bertz CT molecular complexity index is 1720. The Kier molecular flexibility index (Phi) is 9.32. The molecule has 1 aliphatic heterocycles. The summed E-state index contributed by atoms with van der Waals surface area (Å²) in [5.74, 6) is 6.34. The highest BCUT2D eigenvalue weighted by molar-refractivity contribution is 5.57. The first kappa shape index (κ1) is 30.8. The highest BCUT2D eigenvalue weighted by atomic mass is 16.6. The fraction of sp³-hybridized carbons (Fsp3) is 0.294. The number of nitrogens with zero attached hydrogens (tertiary/aromatic N) is 1. The summed E-state index contributed by atoms with van der Waals surface area (Å²) >= 11 is 0. The number of aromatic nitrogens is 2. The second kappa shape index (κ2) is 13.3. The molecule has 44 heavy (non-hydrogen) atoms. The van der Waals surface area contributed by atoms with Gasteiger partial charge < -0.3 is 28.8 Å². The van der Waals surface area contributed by atoms with Gasteiger partial charge in [0.1, 0.15) is 29.5 Å². The van der Waals surface area contributed by atoms with Crippen LogP contribution < -0.4 is 20.7 Å². The number of para-hydroxylation sites is 1. The molecule has 0 amide bonds. The Balaban J connectivity index is 1.61. The summed E-state index contributed by atoms with van der Waals surface area (Å²) < 4.78 is 31.5. The molecule has 0 aliphatic carbocycles. The van der Waals surface area contributed by atoms with Crippen LogP contribution >= 0.6 is 0 Å². The van der Waals surface area contributed by atoms with Crippen molar-refractivity contribution >= 4 is 0 Å². The molecule has 1 fully saturated rings. The van der Waals surface area contributed by atoms with E-state index in [1.54, 1.807) is 27.2 Å². The maximum absolute atomic E-state index is 12.8. The lowest BCUT2D eigenvalue weighted by atomic mass is 9.79. The van der Waals surface area contributed by atoms with Crippen LogP contribution in [0.1, 0.15) is 35.4 Å². The van der Waals surface area contributed by atoms with E-state index in [9.17, 15) is 14.7 Å². The average Bonchev–Trinajstić information content (AvgIpc) is 3.37. The summed E-state index contributed by atoms with van der Waals surface area (Å²) in [4.78, 5) is 27.4. The van der Waals surface area contributed by atoms with Crippen molar-refractivity contribution in [3.05, 3.63) is 128 Å². The van der Waals surface area contributed by atoms with Crippen LogP contribution in [-0.4, -0.2) is 60.9 Å².